The van der Waals surface area contributed by atoms with Crippen LogP contribution in [-0.2, 0) is 0 Å². The van der Waals surface area contributed by atoms with E-state index in [0.717, 1.165) is 38.5 Å². The van der Waals surface area contributed by atoms with Crippen LogP contribution in [0, 0.1) is 16.7 Å². The molecule has 0 aliphatic heterocycles. The molecule has 110 valence electrons. The molecule has 4 rings (SSSR count). The lowest BCUT2D eigenvalue weighted by molar-refractivity contribution is 0.0695. The summed E-state index contributed by atoms with van der Waals surface area (Å²) in [5.74, 6) is -0.808. The van der Waals surface area contributed by atoms with Gasteiger partial charge in [-0.05, 0) is 50.1 Å². The number of fused-ring (bicyclic) bond motifs is 3. The van der Waals surface area contributed by atoms with Gasteiger partial charge in [-0.25, -0.2) is 9.78 Å². The minimum atomic E-state index is -1.08. The third-order valence-corrected chi connectivity index (χ3v) is 5.04. The van der Waals surface area contributed by atoms with Crippen molar-refractivity contribution in [3.05, 3.63) is 17.0 Å². The molecule has 3 aliphatic rings. The van der Waals surface area contributed by atoms with Crippen LogP contribution in [0.4, 0.5) is 5.82 Å². The second-order valence-corrected chi connectivity index (χ2v) is 6.34. The largest absolute Gasteiger partial charge is 0.477 e. The highest BCUT2D eigenvalue weighted by Gasteiger charge is 2.49. The number of carbonyl (C=O) groups is 1. The summed E-state index contributed by atoms with van der Waals surface area (Å²) in [5, 5.41) is 21.8. The van der Waals surface area contributed by atoms with E-state index in [-0.39, 0.29) is 27.6 Å². The molecule has 0 radical (unpaired) electrons. The zero-order chi connectivity index (χ0) is 15.1. The topological polar surface area (TPSA) is 98.9 Å². The Morgan fingerprint density at radius 2 is 1.95 bits per heavy atom. The van der Waals surface area contributed by atoms with E-state index in [1.165, 1.54) is 6.20 Å². The van der Waals surface area contributed by atoms with Crippen LogP contribution in [0.3, 0.4) is 0 Å². The van der Waals surface area contributed by atoms with Crippen molar-refractivity contribution < 1.29 is 9.90 Å². The lowest BCUT2D eigenvalue weighted by Gasteiger charge is -2.51. The smallest absolute Gasteiger partial charge is 0.341 e. The molecular formula is C14H15ClN4O2. The van der Waals surface area contributed by atoms with Gasteiger partial charge in [-0.15, -0.1) is 0 Å². The minimum Gasteiger partial charge on any atom is -0.477 e. The number of rotatable bonds is 3. The van der Waals surface area contributed by atoms with Crippen LogP contribution in [-0.4, -0.2) is 26.6 Å². The number of nitrogens with one attached hydrogen (secondary N) is 1. The molecule has 0 amide bonds. The first-order valence-corrected chi connectivity index (χ1v) is 7.31. The molecule has 2 N–H and O–H groups in total. The van der Waals surface area contributed by atoms with Gasteiger partial charge in [-0.1, -0.05) is 0 Å². The van der Waals surface area contributed by atoms with Crippen LogP contribution in [0.1, 0.15) is 48.9 Å². The number of hydrogen-bond donors (Lipinski definition) is 2. The number of halogens is 1. The fraction of sp³-hybridized carbons (Fsp3) is 0.571. The van der Waals surface area contributed by atoms with Crippen molar-refractivity contribution in [2.75, 3.05) is 5.32 Å². The van der Waals surface area contributed by atoms with Crippen LogP contribution < -0.4 is 5.32 Å². The molecule has 0 unspecified atom stereocenters. The average Bonchev–Trinajstić information content (AvgIpc) is 2.48. The van der Waals surface area contributed by atoms with Crippen LogP contribution >= 0.6 is 11.6 Å². The van der Waals surface area contributed by atoms with Crippen LogP contribution in [0.5, 0.6) is 0 Å². The van der Waals surface area contributed by atoms with Crippen molar-refractivity contribution in [1.29, 1.82) is 5.26 Å². The van der Waals surface area contributed by atoms with Gasteiger partial charge < -0.3 is 10.4 Å². The van der Waals surface area contributed by atoms with Gasteiger partial charge in [0.25, 0.3) is 0 Å². The summed E-state index contributed by atoms with van der Waals surface area (Å²) < 4.78 is 0. The van der Waals surface area contributed by atoms with Crippen LogP contribution in [0.25, 0.3) is 0 Å². The van der Waals surface area contributed by atoms with E-state index >= 15 is 0 Å². The molecular weight excluding hydrogens is 292 g/mol. The number of aromatic carboxylic acids is 1. The van der Waals surface area contributed by atoms with Crippen LogP contribution in [0.2, 0.25) is 5.28 Å². The molecule has 0 saturated heterocycles. The Bertz CT molecular complexity index is 616. The highest BCUT2D eigenvalue weighted by Crippen LogP contribution is 2.53. The molecule has 3 aliphatic carbocycles. The third-order valence-electron chi connectivity index (χ3n) is 4.86. The van der Waals surface area contributed by atoms with Gasteiger partial charge in [0.15, 0.2) is 0 Å². The SMILES string of the molecule is N#CC12CCC(Nc3nc(Cl)ncc3C(=O)O)(CC1)CC2. The molecule has 0 spiro atoms. The zero-order valence-electron chi connectivity index (χ0n) is 11.4. The van der Waals surface area contributed by atoms with Gasteiger partial charge in [-0.2, -0.15) is 10.2 Å². The van der Waals surface area contributed by atoms with Crippen LogP contribution in [0.15, 0.2) is 6.20 Å². The Morgan fingerprint density at radius 3 is 2.48 bits per heavy atom. The van der Waals surface area contributed by atoms with E-state index in [1.54, 1.807) is 0 Å². The van der Waals surface area contributed by atoms with E-state index in [9.17, 15) is 15.2 Å². The Hall–Kier alpha value is -1.87. The number of carboxylic acid groups (broad SMARTS) is 1. The molecule has 1 heterocycles. The van der Waals surface area contributed by atoms with E-state index in [1.807, 2.05) is 0 Å². The van der Waals surface area contributed by atoms with Crippen molar-refractivity contribution in [2.24, 2.45) is 5.41 Å². The van der Waals surface area contributed by atoms with Crippen molar-refractivity contribution >= 4 is 23.4 Å². The van der Waals surface area contributed by atoms with Crippen molar-refractivity contribution in [1.82, 2.24) is 9.97 Å². The maximum absolute atomic E-state index is 11.3. The molecule has 6 nitrogen and oxygen atoms in total. The number of nitriles is 1. The minimum absolute atomic E-state index is 0.0245. The first kappa shape index (κ1) is 14.1. The normalized spacial score (nSPS) is 30.7. The highest BCUT2D eigenvalue weighted by atomic mass is 35.5. The first-order chi connectivity index (χ1) is 9.98. The third kappa shape index (κ3) is 2.42. The number of hydrogen-bond acceptors (Lipinski definition) is 5. The second kappa shape index (κ2) is 4.85. The summed E-state index contributed by atoms with van der Waals surface area (Å²) in [6.07, 6.45) is 6.30. The number of carboxylic acids is 1. The summed E-state index contributed by atoms with van der Waals surface area (Å²) in [4.78, 5) is 19.0. The highest BCUT2D eigenvalue weighted by molar-refractivity contribution is 6.28. The molecule has 3 saturated carbocycles. The van der Waals surface area contributed by atoms with Gasteiger partial charge >= 0.3 is 5.97 Å². The Morgan fingerprint density at radius 1 is 1.33 bits per heavy atom. The predicted molar refractivity (Wildman–Crippen MR) is 76.1 cm³/mol. The van der Waals surface area contributed by atoms with Gasteiger partial charge in [0.2, 0.25) is 5.28 Å². The van der Waals surface area contributed by atoms with Crippen molar-refractivity contribution in [2.45, 2.75) is 44.1 Å². The van der Waals surface area contributed by atoms with E-state index in [4.69, 9.17) is 11.6 Å². The van der Waals surface area contributed by atoms with Gasteiger partial charge in [-0.3, -0.25) is 0 Å². The summed E-state index contributed by atoms with van der Waals surface area (Å²) in [5.41, 5.74) is -0.334. The second-order valence-electron chi connectivity index (χ2n) is 6.00. The van der Waals surface area contributed by atoms with Gasteiger partial charge in [0.05, 0.1) is 11.5 Å². The number of aromatic nitrogens is 2. The Kier molecular flexibility index (Phi) is 3.25. The molecule has 1 aromatic rings. The molecule has 3 fully saturated rings. The molecule has 1 aromatic heterocycles. The monoisotopic (exact) mass is 306 g/mol. The van der Waals surface area contributed by atoms with Gasteiger partial charge in [0.1, 0.15) is 11.4 Å². The van der Waals surface area contributed by atoms with E-state index in [0.29, 0.717) is 0 Å². The van der Waals surface area contributed by atoms with Gasteiger partial charge in [0, 0.05) is 11.7 Å². The summed E-state index contributed by atoms with van der Waals surface area (Å²) in [6.45, 7) is 0. The lowest BCUT2D eigenvalue weighted by Crippen LogP contribution is -2.50. The van der Waals surface area contributed by atoms with E-state index < -0.39 is 5.97 Å². The summed E-state index contributed by atoms with van der Waals surface area (Å²) in [6, 6.07) is 2.46. The number of nitrogens with zero attached hydrogens (tertiary/aromatic N) is 3. The first-order valence-electron chi connectivity index (χ1n) is 6.93. The Balaban J connectivity index is 1.87. The molecule has 7 heteroatoms. The van der Waals surface area contributed by atoms with Crippen molar-refractivity contribution in [3.8, 4) is 6.07 Å². The predicted octanol–water partition coefficient (Wildman–Crippen LogP) is 2.86. The maximum atomic E-state index is 11.3. The molecule has 21 heavy (non-hydrogen) atoms. The summed E-state index contributed by atoms with van der Waals surface area (Å²) in [7, 11) is 0. The number of anilines is 1. The Labute approximate surface area is 127 Å². The maximum Gasteiger partial charge on any atom is 0.341 e. The molecule has 0 aromatic carbocycles. The molecule has 0 atom stereocenters. The average molecular weight is 307 g/mol. The molecule has 2 bridgehead atoms. The fourth-order valence-corrected chi connectivity index (χ4v) is 3.54. The lowest BCUT2D eigenvalue weighted by atomic mass is 9.58. The fourth-order valence-electron chi connectivity index (χ4n) is 3.40. The summed E-state index contributed by atoms with van der Waals surface area (Å²) >= 11 is 5.78. The van der Waals surface area contributed by atoms with Crippen molar-refractivity contribution in [3.63, 3.8) is 0 Å². The quantitative estimate of drug-likeness (QED) is 0.833. The van der Waals surface area contributed by atoms with E-state index in [2.05, 4.69) is 21.4 Å². The zero-order valence-corrected chi connectivity index (χ0v) is 12.2. The standard InChI is InChI=1S/C14H15ClN4O2/c15-12-17-7-9(11(20)21)10(18-12)19-14-4-1-13(8-16,2-5-14)3-6-14/h7H,1-6H2,(H,20,21)(H,17,18,19).